The summed E-state index contributed by atoms with van der Waals surface area (Å²) in [6.07, 6.45) is 0. The predicted molar refractivity (Wildman–Crippen MR) is 80.2 cm³/mol. The Hall–Kier alpha value is -0.750. The van der Waals surface area contributed by atoms with Gasteiger partial charge in [-0.15, -0.1) is 24.8 Å². The molecule has 0 bridgehead atoms. The van der Waals surface area contributed by atoms with Crippen LogP contribution in [0.2, 0.25) is 0 Å². The summed E-state index contributed by atoms with van der Waals surface area (Å²) in [5.74, 6) is 1.47. The topological polar surface area (TPSA) is 33.7 Å². The smallest absolute Gasteiger partial charge is 0.231 e. The summed E-state index contributed by atoms with van der Waals surface area (Å²) in [5.41, 5.74) is 0.962. The summed E-state index contributed by atoms with van der Waals surface area (Å²) in [6, 6.07) is 5.51. The Balaban J connectivity index is 0.000001000. The Labute approximate surface area is 130 Å². The summed E-state index contributed by atoms with van der Waals surface area (Å²) in [7, 11) is 0. The Kier molecular flexibility index (Phi) is 6.82. The maximum Gasteiger partial charge on any atom is 0.231 e. The molecule has 0 radical (unpaired) electrons. The molecule has 0 aromatic heterocycles. The number of hydrogen-bond acceptors (Lipinski definition) is 4. The van der Waals surface area contributed by atoms with Crippen LogP contribution in [0.5, 0.6) is 11.5 Å². The molecular formula is C13H19Cl2FN2O2. The minimum atomic E-state index is -0.375. The van der Waals surface area contributed by atoms with Gasteiger partial charge in [-0.3, -0.25) is 4.90 Å². The fourth-order valence-corrected chi connectivity index (χ4v) is 2.51. The number of benzene rings is 1. The molecule has 0 aliphatic carbocycles. The predicted octanol–water partition coefficient (Wildman–Crippen LogP) is 2.17. The van der Waals surface area contributed by atoms with Gasteiger partial charge in [-0.2, -0.15) is 0 Å². The van der Waals surface area contributed by atoms with Crippen LogP contribution in [0.1, 0.15) is 11.6 Å². The van der Waals surface area contributed by atoms with Crippen molar-refractivity contribution in [2.45, 2.75) is 6.04 Å². The van der Waals surface area contributed by atoms with E-state index in [9.17, 15) is 4.39 Å². The summed E-state index contributed by atoms with van der Waals surface area (Å²) in [5, 5.41) is 3.28. The van der Waals surface area contributed by atoms with Crippen LogP contribution in [-0.4, -0.2) is 44.5 Å². The van der Waals surface area contributed by atoms with Crippen molar-refractivity contribution in [1.82, 2.24) is 10.2 Å². The first-order valence-corrected chi connectivity index (χ1v) is 6.29. The number of fused-ring (bicyclic) bond motifs is 1. The van der Waals surface area contributed by atoms with Crippen LogP contribution < -0.4 is 14.8 Å². The second kappa shape index (κ2) is 7.88. The van der Waals surface area contributed by atoms with Crippen molar-refractivity contribution in [3.63, 3.8) is 0 Å². The third-order valence-electron chi connectivity index (χ3n) is 3.52. The first-order valence-electron chi connectivity index (χ1n) is 6.29. The van der Waals surface area contributed by atoms with Crippen LogP contribution in [0.25, 0.3) is 0 Å². The van der Waals surface area contributed by atoms with Gasteiger partial charge < -0.3 is 14.8 Å². The Morgan fingerprint density at radius 3 is 2.55 bits per heavy atom. The van der Waals surface area contributed by atoms with Gasteiger partial charge in [-0.1, -0.05) is 6.07 Å². The van der Waals surface area contributed by atoms with Crippen molar-refractivity contribution in [1.29, 1.82) is 0 Å². The lowest BCUT2D eigenvalue weighted by atomic mass is 10.0. The number of rotatable bonds is 3. The quantitative estimate of drug-likeness (QED) is 0.924. The second-order valence-electron chi connectivity index (χ2n) is 4.57. The zero-order chi connectivity index (χ0) is 12.4. The first kappa shape index (κ1) is 17.3. The van der Waals surface area contributed by atoms with E-state index in [1.807, 2.05) is 18.2 Å². The molecule has 4 nitrogen and oxygen atoms in total. The van der Waals surface area contributed by atoms with Crippen LogP contribution in [0.4, 0.5) is 4.39 Å². The van der Waals surface area contributed by atoms with Crippen molar-refractivity contribution >= 4 is 24.8 Å². The molecule has 2 aliphatic rings. The first-order chi connectivity index (χ1) is 8.88. The van der Waals surface area contributed by atoms with Gasteiger partial charge in [-0.05, 0) is 17.7 Å². The number of ether oxygens (including phenoxy) is 2. The maximum atomic E-state index is 13.3. The summed E-state index contributed by atoms with van der Waals surface area (Å²) in [4.78, 5) is 2.17. The Bertz CT molecular complexity index is 431. The van der Waals surface area contributed by atoms with Gasteiger partial charge in [0.15, 0.2) is 11.5 Å². The van der Waals surface area contributed by atoms with Crippen LogP contribution in [0, 0.1) is 0 Å². The van der Waals surface area contributed by atoms with E-state index < -0.39 is 0 Å². The number of piperazine rings is 1. The molecule has 2 heterocycles. The van der Waals surface area contributed by atoms with Crippen molar-refractivity contribution < 1.29 is 13.9 Å². The molecule has 1 aromatic rings. The number of nitrogens with one attached hydrogen (secondary N) is 1. The summed E-state index contributed by atoms with van der Waals surface area (Å²) >= 11 is 0. The highest BCUT2D eigenvalue weighted by Crippen LogP contribution is 2.35. The van der Waals surface area contributed by atoms with Gasteiger partial charge in [0.1, 0.15) is 6.67 Å². The second-order valence-corrected chi connectivity index (χ2v) is 4.57. The highest BCUT2D eigenvalue weighted by Gasteiger charge is 2.24. The molecule has 7 heteroatoms. The molecule has 1 aromatic carbocycles. The van der Waals surface area contributed by atoms with Crippen molar-refractivity contribution in [2.24, 2.45) is 0 Å². The van der Waals surface area contributed by atoms with Gasteiger partial charge in [0.05, 0.1) is 6.04 Å². The minimum absolute atomic E-state index is 0. The van der Waals surface area contributed by atoms with Crippen LogP contribution in [0.3, 0.4) is 0 Å². The van der Waals surface area contributed by atoms with E-state index in [0.717, 1.165) is 43.2 Å². The lowest BCUT2D eigenvalue weighted by Gasteiger charge is -2.33. The fourth-order valence-electron chi connectivity index (χ4n) is 2.51. The van der Waals surface area contributed by atoms with Crippen LogP contribution in [0.15, 0.2) is 18.2 Å². The molecular weight excluding hydrogens is 306 g/mol. The monoisotopic (exact) mass is 324 g/mol. The molecule has 2 aliphatic heterocycles. The summed E-state index contributed by atoms with van der Waals surface area (Å²) in [6.45, 7) is 3.47. The van der Waals surface area contributed by atoms with E-state index >= 15 is 0 Å². The third kappa shape index (κ3) is 3.47. The van der Waals surface area contributed by atoms with E-state index in [0.29, 0.717) is 0 Å². The van der Waals surface area contributed by atoms with Gasteiger partial charge >= 0.3 is 0 Å². The van der Waals surface area contributed by atoms with E-state index in [4.69, 9.17) is 9.47 Å². The van der Waals surface area contributed by atoms with E-state index in [1.165, 1.54) is 0 Å². The third-order valence-corrected chi connectivity index (χ3v) is 3.52. The molecule has 1 fully saturated rings. The number of halogens is 3. The fraction of sp³-hybridized carbons (Fsp3) is 0.538. The SMILES string of the molecule is Cl.Cl.FC[C@H](c1ccc2c(c1)OCO2)N1CCNCC1. The van der Waals surface area contributed by atoms with Gasteiger partial charge in [-0.25, -0.2) is 4.39 Å². The van der Waals surface area contributed by atoms with E-state index in [1.54, 1.807) is 0 Å². The molecule has 0 unspecified atom stereocenters. The largest absolute Gasteiger partial charge is 0.454 e. The highest BCUT2D eigenvalue weighted by atomic mass is 35.5. The molecule has 114 valence electrons. The average molecular weight is 325 g/mol. The molecule has 0 amide bonds. The van der Waals surface area contributed by atoms with Gasteiger partial charge in [0.2, 0.25) is 6.79 Å². The molecule has 1 saturated heterocycles. The lowest BCUT2D eigenvalue weighted by Crippen LogP contribution is -2.45. The molecule has 1 N–H and O–H groups in total. The number of alkyl halides is 1. The lowest BCUT2D eigenvalue weighted by molar-refractivity contribution is 0.147. The zero-order valence-electron chi connectivity index (χ0n) is 11.0. The number of nitrogens with zero attached hydrogens (tertiary/aromatic N) is 1. The highest BCUT2D eigenvalue weighted by molar-refractivity contribution is 5.85. The molecule has 1 atom stereocenters. The standard InChI is InChI=1S/C13H17FN2O2.2ClH/c14-8-11(16-5-3-15-4-6-16)10-1-2-12-13(7-10)18-9-17-12;;/h1-2,7,11,15H,3-6,8-9H2;2*1H/t11-;;/m1../s1. The molecule has 0 spiro atoms. The van der Waals surface area contributed by atoms with Crippen LogP contribution >= 0.6 is 24.8 Å². The van der Waals surface area contributed by atoms with Crippen molar-refractivity contribution in [3.05, 3.63) is 23.8 Å². The van der Waals surface area contributed by atoms with Gasteiger partial charge in [0.25, 0.3) is 0 Å². The Morgan fingerprint density at radius 2 is 1.85 bits per heavy atom. The zero-order valence-corrected chi connectivity index (χ0v) is 12.6. The molecule has 3 rings (SSSR count). The van der Waals surface area contributed by atoms with E-state index in [2.05, 4.69) is 10.2 Å². The van der Waals surface area contributed by atoms with E-state index in [-0.39, 0.29) is 44.3 Å². The molecule has 0 saturated carbocycles. The van der Waals surface area contributed by atoms with Gasteiger partial charge in [0, 0.05) is 26.2 Å². The normalized spacial score (nSPS) is 18.9. The summed E-state index contributed by atoms with van der Waals surface area (Å²) < 4.78 is 24.0. The van der Waals surface area contributed by atoms with Crippen molar-refractivity contribution in [3.8, 4) is 11.5 Å². The minimum Gasteiger partial charge on any atom is -0.454 e. The average Bonchev–Trinajstić information content (AvgIpc) is 2.88. The van der Waals surface area contributed by atoms with Crippen LogP contribution in [-0.2, 0) is 0 Å². The number of hydrogen-bond donors (Lipinski definition) is 1. The Morgan fingerprint density at radius 1 is 1.15 bits per heavy atom. The van der Waals surface area contributed by atoms with Crippen molar-refractivity contribution in [2.75, 3.05) is 39.6 Å². The molecule has 20 heavy (non-hydrogen) atoms. The maximum absolute atomic E-state index is 13.3.